The van der Waals surface area contributed by atoms with Crippen LogP contribution in [0.3, 0.4) is 0 Å². The molecule has 2 rings (SSSR count). The molecule has 0 aliphatic carbocycles. The van der Waals surface area contributed by atoms with E-state index in [2.05, 4.69) is 10.3 Å². The van der Waals surface area contributed by atoms with E-state index < -0.39 is 5.97 Å². The molecule has 0 radical (unpaired) electrons. The highest BCUT2D eigenvalue weighted by molar-refractivity contribution is 5.85. The first-order chi connectivity index (χ1) is 6.27. The van der Waals surface area contributed by atoms with Gasteiger partial charge in [0, 0.05) is 12.7 Å². The first-order valence-corrected chi connectivity index (χ1v) is 4.19. The Balaban J connectivity index is 2.40. The van der Waals surface area contributed by atoms with Gasteiger partial charge in [-0.3, -0.25) is 0 Å². The Hall–Kier alpha value is -1.42. The third kappa shape index (κ3) is 1.53. The molecule has 68 valence electrons. The topological polar surface area (TPSA) is 62.2 Å². The second kappa shape index (κ2) is 3.14. The Morgan fingerprint density at radius 2 is 2.38 bits per heavy atom. The minimum absolute atomic E-state index is 0.139. The molecule has 0 fully saturated rings. The average Bonchev–Trinajstić information content (AvgIpc) is 2.17. The second-order valence-corrected chi connectivity index (χ2v) is 3.07. The smallest absolute Gasteiger partial charge is 0.354 e. The van der Waals surface area contributed by atoms with Gasteiger partial charge in [0.15, 0.2) is 0 Å². The zero-order valence-corrected chi connectivity index (χ0v) is 7.08. The van der Waals surface area contributed by atoms with Crippen molar-refractivity contribution in [1.29, 1.82) is 0 Å². The maximum atomic E-state index is 10.6. The van der Waals surface area contributed by atoms with Crippen LogP contribution in [0.1, 0.15) is 21.6 Å². The van der Waals surface area contributed by atoms with Gasteiger partial charge in [-0.2, -0.15) is 0 Å². The van der Waals surface area contributed by atoms with Gasteiger partial charge >= 0.3 is 5.97 Å². The number of hydrogen-bond acceptors (Lipinski definition) is 3. The second-order valence-electron chi connectivity index (χ2n) is 3.07. The fourth-order valence-corrected chi connectivity index (χ4v) is 1.48. The molecule has 1 aromatic heterocycles. The molecule has 0 saturated heterocycles. The van der Waals surface area contributed by atoms with Crippen molar-refractivity contribution >= 4 is 5.97 Å². The minimum atomic E-state index is -0.957. The molecule has 0 bridgehead atoms. The molecule has 0 atom stereocenters. The predicted octanol–water partition coefficient (Wildman–Crippen LogP) is 0.426. The molecule has 0 saturated carbocycles. The van der Waals surface area contributed by atoms with Gasteiger partial charge in [-0.05, 0) is 30.2 Å². The van der Waals surface area contributed by atoms with Crippen LogP contribution in [0, 0.1) is 0 Å². The predicted molar refractivity (Wildman–Crippen MR) is 46.6 cm³/mol. The SMILES string of the molecule is O=C(O)c1cc2c(cn1)CNCC2. The monoisotopic (exact) mass is 178 g/mol. The van der Waals surface area contributed by atoms with Crippen molar-refractivity contribution in [3.63, 3.8) is 0 Å². The Morgan fingerprint density at radius 1 is 1.54 bits per heavy atom. The Morgan fingerprint density at radius 3 is 3.15 bits per heavy atom. The van der Waals surface area contributed by atoms with Crippen molar-refractivity contribution in [2.45, 2.75) is 13.0 Å². The number of carboxylic acid groups (broad SMARTS) is 1. The molecule has 13 heavy (non-hydrogen) atoms. The van der Waals surface area contributed by atoms with Gasteiger partial charge in [-0.1, -0.05) is 0 Å². The van der Waals surface area contributed by atoms with E-state index in [9.17, 15) is 4.79 Å². The van der Waals surface area contributed by atoms with E-state index in [0.29, 0.717) is 0 Å². The molecular weight excluding hydrogens is 168 g/mol. The molecule has 2 N–H and O–H groups in total. The zero-order chi connectivity index (χ0) is 9.26. The molecule has 0 aromatic carbocycles. The van der Waals surface area contributed by atoms with E-state index in [0.717, 1.165) is 30.6 Å². The summed E-state index contributed by atoms with van der Waals surface area (Å²) in [6.45, 7) is 1.71. The molecule has 4 nitrogen and oxygen atoms in total. The van der Waals surface area contributed by atoms with Crippen LogP contribution in [0.2, 0.25) is 0 Å². The van der Waals surface area contributed by atoms with E-state index in [1.54, 1.807) is 12.3 Å². The molecule has 1 aliphatic rings. The number of rotatable bonds is 1. The summed E-state index contributed by atoms with van der Waals surface area (Å²) in [4.78, 5) is 14.5. The number of fused-ring (bicyclic) bond motifs is 1. The number of aromatic carboxylic acids is 1. The fraction of sp³-hybridized carbons (Fsp3) is 0.333. The van der Waals surface area contributed by atoms with Crippen LogP contribution >= 0.6 is 0 Å². The molecule has 4 heteroatoms. The maximum absolute atomic E-state index is 10.6. The molecule has 2 heterocycles. The number of nitrogens with zero attached hydrogens (tertiary/aromatic N) is 1. The first kappa shape index (κ1) is 8.19. The van der Waals surface area contributed by atoms with Gasteiger partial charge in [-0.25, -0.2) is 9.78 Å². The number of nitrogens with one attached hydrogen (secondary N) is 1. The van der Waals surface area contributed by atoms with Crippen LogP contribution in [0.15, 0.2) is 12.3 Å². The fourth-order valence-electron chi connectivity index (χ4n) is 1.48. The van der Waals surface area contributed by atoms with Gasteiger partial charge in [-0.15, -0.1) is 0 Å². The largest absolute Gasteiger partial charge is 0.477 e. The van der Waals surface area contributed by atoms with Crippen LogP contribution in [0.4, 0.5) is 0 Å². The van der Waals surface area contributed by atoms with Gasteiger partial charge in [0.25, 0.3) is 0 Å². The summed E-state index contributed by atoms with van der Waals surface area (Å²) < 4.78 is 0. The van der Waals surface area contributed by atoms with Crippen molar-refractivity contribution < 1.29 is 9.90 Å². The highest BCUT2D eigenvalue weighted by Gasteiger charge is 2.12. The van der Waals surface area contributed by atoms with Gasteiger partial charge in [0.1, 0.15) is 5.69 Å². The van der Waals surface area contributed by atoms with Crippen molar-refractivity contribution in [3.8, 4) is 0 Å². The van der Waals surface area contributed by atoms with Gasteiger partial charge in [0.05, 0.1) is 0 Å². The lowest BCUT2D eigenvalue weighted by Crippen LogP contribution is -2.24. The number of aromatic nitrogens is 1. The summed E-state index contributed by atoms with van der Waals surface area (Å²) in [6, 6.07) is 1.67. The van der Waals surface area contributed by atoms with Crippen LogP contribution in [0.5, 0.6) is 0 Å². The summed E-state index contributed by atoms with van der Waals surface area (Å²) in [6.07, 6.45) is 2.53. The van der Waals surface area contributed by atoms with Crippen molar-refractivity contribution in [2.24, 2.45) is 0 Å². The molecule has 0 unspecified atom stereocenters. The Bertz CT molecular complexity index is 349. The highest BCUT2D eigenvalue weighted by Crippen LogP contribution is 2.13. The number of carboxylic acids is 1. The maximum Gasteiger partial charge on any atom is 0.354 e. The third-order valence-corrected chi connectivity index (χ3v) is 2.19. The summed E-state index contributed by atoms with van der Waals surface area (Å²) >= 11 is 0. The molecule has 0 amide bonds. The number of hydrogen-bond donors (Lipinski definition) is 2. The van der Waals surface area contributed by atoms with E-state index >= 15 is 0 Å². The van der Waals surface area contributed by atoms with Gasteiger partial charge in [0.2, 0.25) is 0 Å². The van der Waals surface area contributed by atoms with Gasteiger partial charge < -0.3 is 10.4 Å². The molecule has 0 spiro atoms. The van der Waals surface area contributed by atoms with Crippen LogP contribution < -0.4 is 5.32 Å². The molecular formula is C9H10N2O2. The lowest BCUT2D eigenvalue weighted by molar-refractivity contribution is 0.0690. The summed E-state index contributed by atoms with van der Waals surface area (Å²) in [5.74, 6) is -0.957. The summed E-state index contributed by atoms with van der Waals surface area (Å²) in [7, 11) is 0. The normalized spacial score (nSPS) is 15.1. The van der Waals surface area contributed by atoms with Crippen molar-refractivity contribution in [2.75, 3.05) is 6.54 Å². The number of pyridine rings is 1. The standard InChI is InChI=1S/C9H10N2O2/c12-9(13)8-3-6-1-2-10-4-7(6)5-11-8/h3,5,10H,1-2,4H2,(H,12,13). The molecule has 1 aromatic rings. The minimum Gasteiger partial charge on any atom is -0.477 e. The average molecular weight is 178 g/mol. The van der Waals surface area contributed by atoms with Crippen LogP contribution in [-0.2, 0) is 13.0 Å². The lowest BCUT2D eigenvalue weighted by atomic mass is 10.0. The quantitative estimate of drug-likeness (QED) is 0.654. The third-order valence-electron chi connectivity index (χ3n) is 2.19. The highest BCUT2D eigenvalue weighted by atomic mass is 16.4. The molecule has 1 aliphatic heterocycles. The van der Waals surface area contributed by atoms with E-state index in [4.69, 9.17) is 5.11 Å². The Labute approximate surface area is 75.6 Å². The van der Waals surface area contributed by atoms with E-state index in [1.807, 2.05) is 0 Å². The van der Waals surface area contributed by atoms with E-state index in [1.165, 1.54) is 0 Å². The summed E-state index contributed by atoms with van der Waals surface area (Å²) in [5, 5.41) is 11.9. The zero-order valence-electron chi connectivity index (χ0n) is 7.08. The van der Waals surface area contributed by atoms with Crippen LogP contribution in [0.25, 0.3) is 0 Å². The Kier molecular flexibility index (Phi) is 1.98. The number of carbonyl (C=O) groups is 1. The van der Waals surface area contributed by atoms with Crippen LogP contribution in [-0.4, -0.2) is 22.6 Å². The first-order valence-electron chi connectivity index (χ1n) is 4.19. The van der Waals surface area contributed by atoms with E-state index in [-0.39, 0.29) is 5.69 Å². The van der Waals surface area contributed by atoms with Crippen molar-refractivity contribution in [1.82, 2.24) is 10.3 Å². The van der Waals surface area contributed by atoms with Crippen molar-refractivity contribution in [3.05, 3.63) is 29.1 Å². The lowest BCUT2D eigenvalue weighted by Gasteiger charge is -2.16. The summed E-state index contributed by atoms with van der Waals surface area (Å²) in [5.41, 5.74) is 2.35.